The molecule has 0 aromatic carbocycles. The highest BCUT2D eigenvalue weighted by Crippen LogP contribution is 2.00. The van der Waals surface area contributed by atoms with Gasteiger partial charge in [-0.15, -0.1) is 0 Å². The van der Waals surface area contributed by atoms with E-state index in [1.807, 2.05) is 11.9 Å². The maximum Gasteiger partial charge on any atom is 0.320 e. The summed E-state index contributed by atoms with van der Waals surface area (Å²) in [7, 11) is 1.94. The Morgan fingerprint density at radius 2 is 2.07 bits per heavy atom. The number of likely N-dealkylation sites (N-methyl/N-ethyl adjacent to an activating group) is 1. The molecule has 83 valence electrons. The second kappa shape index (κ2) is 9.00. The monoisotopic (exact) mass is 200 g/mol. The topological polar surface area (TPSA) is 29.5 Å². The predicted octanol–water partition coefficient (Wildman–Crippen LogP) is 1.88. The van der Waals surface area contributed by atoms with Crippen molar-refractivity contribution >= 4 is 5.97 Å². The lowest BCUT2D eigenvalue weighted by atomic mass is 10.2. The smallest absolute Gasteiger partial charge is 0.320 e. The summed E-state index contributed by atoms with van der Waals surface area (Å²) in [4.78, 5) is 13.0. The van der Waals surface area contributed by atoms with E-state index in [-0.39, 0.29) is 12.6 Å². The molecule has 1 radical (unpaired) electrons. The zero-order chi connectivity index (χ0) is 10.8. The van der Waals surface area contributed by atoms with E-state index < -0.39 is 0 Å². The molecule has 0 aliphatic carbocycles. The van der Waals surface area contributed by atoms with Gasteiger partial charge in [0.2, 0.25) is 0 Å². The van der Waals surface area contributed by atoms with Gasteiger partial charge in [0.05, 0.1) is 13.2 Å². The molecular formula is C11H22NO2. The molecule has 0 aliphatic heterocycles. The van der Waals surface area contributed by atoms with Crippen LogP contribution in [0.15, 0.2) is 0 Å². The SMILES string of the molecule is [CH2]COC(=O)CN(C)CCCCCC. The molecule has 0 N–H and O–H groups in total. The molecule has 0 bridgehead atoms. The number of carbonyl (C=O) groups excluding carboxylic acids is 1. The van der Waals surface area contributed by atoms with Gasteiger partial charge in [0, 0.05) is 0 Å². The third kappa shape index (κ3) is 8.05. The van der Waals surface area contributed by atoms with Gasteiger partial charge in [-0.05, 0) is 26.9 Å². The molecule has 0 unspecified atom stereocenters. The summed E-state index contributed by atoms with van der Waals surface area (Å²) in [6.07, 6.45) is 4.91. The van der Waals surface area contributed by atoms with E-state index in [9.17, 15) is 4.79 Å². The summed E-state index contributed by atoms with van der Waals surface area (Å²) in [5.74, 6) is -0.182. The Balaban J connectivity index is 3.35. The maximum absolute atomic E-state index is 11.0. The number of rotatable bonds is 8. The zero-order valence-corrected chi connectivity index (χ0v) is 9.42. The predicted molar refractivity (Wildman–Crippen MR) is 58.0 cm³/mol. The number of unbranched alkanes of at least 4 members (excludes halogenated alkanes) is 3. The first kappa shape index (κ1) is 13.4. The number of nitrogens with zero attached hydrogens (tertiary/aromatic N) is 1. The fourth-order valence-corrected chi connectivity index (χ4v) is 1.27. The zero-order valence-electron chi connectivity index (χ0n) is 9.42. The molecule has 0 aromatic heterocycles. The van der Waals surface area contributed by atoms with Crippen LogP contribution in [0.5, 0.6) is 0 Å². The van der Waals surface area contributed by atoms with Crippen LogP contribution in [0.25, 0.3) is 0 Å². The van der Waals surface area contributed by atoms with Gasteiger partial charge in [0.25, 0.3) is 0 Å². The molecule has 0 saturated heterocycles. The highest BCUT2D eigenvalue weighted by molar-refractivity contribution is 5.71. The highest BCUT2D eigenvalue weighted by atomic mass is 16.5. The van der Waals surface area contributed by atoms with Gasteiger partial charge in [0.1, 0.15) is 0 Å². The Morgan fingerprint density at radius 3 is 2.64 bits per heavy atom. The molecule has 0 heterocycles. The molecule has 0 spiro atoms. The molecule has 0 atom stereocenters. The summed E-state index contributed by atoms with van der Waals surface area (Å²) in [5.41, 5.74) is 0. The van der Waals surface area contributed by atoms with Crippen molar-refractivity contribution in [3.8, 4) is 0 Å². The molecule has 3 nitrogen and oxygen atoms in total. The molecule has 0 amide bonds. The minimum atomic E-state index is -0.182. The fraction of sp³-hybridized carbons (Fsp3) is 0.818. The van der Waals surface area contributed by atoms with E-state index in [1.54, 1.807) is 0 Å². The Hall–Kier alpha value is -0.570. The summed E-state index contributed by atoms with van der Waals surface area (Å²) in [6, 6.07) is 0. The fourth-order valence-electron chi connectivity index (χ4n) is 1.27. The average molecular weight is 200 g/mol. The van der Waals surface area contributed by atoms with Crippen LogP contribution in [0.1, 0.15) is 32.6 Å². The minimum Gasteiger partial charge on any atom is -0.465 e. The Kier molecular flexibility index (Phi) is 8.64. The van der Waals surface area contributed by atoms with Crippen LogP contribution in [0.2, 0.25) is 0 Å². The quantitative estimate of drug-likeness (QED) is 0.442. The van der Waals surface area contributed by atoms with E-state index in [4.69, 9.17) is 4.74 Å². The Bertz CT molecular complexity index is 148. The van der Waals surface area contributed by atoms with Crippen molar-refractivity contribution in [1.29, 1.82) is 0 Å². The van der Waals surface area contributed by atoms with Crippen LogP contribution in [0.4, 0.5) is 0 Å². The van der Waals surface area contributed by atoms with E-state index in [0.717, 1.165) is 13.0 Å². The van der Waals surface area contributed by atoms with Gasteiger partial charge >= 0.3 is 5.97 Å². The molecule has 0 aromatic rings. The third-order valence-electron chi connectivity index (χ3n) is 2.06. The van der Waals surface area contributed by atoms with Gasteiger partial charge in [-0.1, -0.05) is 26.2 Å². The third-order valence-corrected chi connectivity index (χ3v) is 2.06. The molecule has 0 rings (SSSR count). The minimum absolute atomic E-state index is 0.182. The van der Waals surface area contributed by atoms with Gasteiger partial charge in [-0.25, -0.2) is 0 Å². The van der Waals surface area contributed by atoms with Crippen LogP contribution < -0.4 is 0 Å². The van der Waals surface area contributed by atoms with Crippen LogP contribution in [-0.2, 0) is 9.53 Å². The first-order valence-electron chi connectivity index (χ1n) is 5.34. The van der Waals surface area contributed by atoms with Crippen LogP contribution in [0.3, 0.4) is 0 Å². The second-order valence-electron chi connectivity index (χ2n) is 3.52. The molecule has 0 fully saturated rings. The summed E-state index contributed by atoms with van der Waals surface area (Å²) in [5, 5.41) is 0. The van der Waals surface area contributed by atoms with Crippen molar-refractivity contribution < 1.29 is 9.53 Å². The maximum atomic E-state index is 11.0. The van der Waals surface area contributed by atoms with Gasteiger partial charge in [-0.2, -0.15) is 0 Å². The molecule has 3 heteroatoms. The van der Waals surface area contributed by atoms with Crippen molar-refractivity contribution in [1.82, 2.24) is 4.90 Å². The van der Waals surface area contributed by atoms with Crippen LogP contribution in [0, 0.1) is 6.92 Å². The van der Waals surface area contributed by atoms with Crippen molar-refractivity contribution in [3.63, 3.8) is 0 Å². The van der Waals surface area contributed by atoms with Crippen molar-refractivity contribution in [2.45, 2.75) is 32.6 Å². The number of ether oxygens (including phenoxy) is 1. The molecule has 14 heavy (non-hydrogen) atoms. The van der Waals surface area contributed by atoms with E-state index >= 15 is 0 Å². The molecule has 0 saturated carbocycles. The first-order chi connectivity index (χ1) is 6.70. The number of hydrogen-bond donors (Lipinski definition) is 0. The summed E-state index contributed by atoms with van der Waals surface area (Å²) >= 11 is 0. The van der Waals surface area contributed by atoms with Crippen molar-refractivity contribution in [2.24, 2.45) is 0 Å². The lowest BCUT2D eigenvalue weighted by Crippen LogP contribution is -2.28. The number of esters is 1. The largest absolute Gasteiger partial charge is 0.465 e. The summed E-state index contributed by atoms with van der Waals surface area (Å²) < 4.78 is 4.75. The number of carbonyl (C=O) groups is 1. The number of hydrogen-bond acceptors (Lipinski definition) is 3. The van der Waals surface area contributed by atoms with Crippen LogP contribution in [-0.4, -0.2) is 37.6 Å². The van der Waals surface area contributed by atoms with Gasteiger partial charge < -0.3 is 4.74 Å². The van der Waals surface area contributed by atoms with E-state index in [2.05, 4.69) is 13.8 Å². The first-order valence-corrected chi connectivity index (χ1v) is 5.34. The van der Waals surface area contributed by atoms with E-state index in [0.29, 0.717) is 6.54 Å². The standard InChI is InChI=1S/C11H22NO2/c1-4-6-7-8-9-12(3)10-11(13)14-5-2/h2,4-10H2,1,3H3. The lowest BCUT2D eigenvalue weighted by molar-refractivity contribution is -0.143. The lowest BCUT2D eigenvalue weighted by Gasteiger charge is -2.14. The molecular weight excluding hydrogens is 178 g/mol. The Morgan fingerprint density at radius 1 is 1.36 bits per heavy atom. The van der Waals surface area contributed by atoms with Crippen molar-refractivity contribution in [2.75, 3.05) is 26.7 Å². The second-order valence-corrected chi connectivity index (χ2v) is 3.52. The van der Waals surface area contributed by atoms with Gasteiger partial charge in [-0.3, -0.25) is 9.69 Å². The average Bonchev–Trinajstić information content (AvgIpc) is 2.13. The van der Waals surface area contributed by atoms with E-state index in [1.165, 1.54) is 19.3 Å². The van der Waals surface area contributed by atoms with Crippen molar-refractivity contribution in [3.05, 3.63) is 6.92 Å². The normalized spacial score (nSPS) is 10.6. The highest BCUT2D eigenvalue weighted by Gasteiger charge is 2.05. The molecule has 0 aliphatic rings. The Labute approximate surface area is 87.4 Å². The van der Waals surface area contributed by atoms with Gasteiger partial charge in [0.15, 0.2) is 0 Å². The summed E-state index contributed by atoms with van der Waals surface area (Å²) in [6.45, 7) is 7.21. The van der Waals surface area contributed by atoms with Crippen LogP contribution >= 0.6 is 0 Å².